The van der Waals surface area contributed by atoms with Crippen molar-refractivity contribution >= 4 is 5.91 Å². The van der Waals surface area contributed by atoms with Crippen molar-refractivity contribution < 1.29 is 18.3 Å². The SMILES string of the molecule is C#CCOc1c(F)cc(C(=O)NC2CCCCC2C)cc1F.CC. The van der Waals surface area contributed by atoms with Gasteiger partial charge in [0, 0.05) is 11.6 Å². The minimum absolute atomic E-state index is 0.0461. The summed E-state index contributed by atoms with van der Waals surface area (Å²) in [6, 6.07) is 1.99. The number of nitrogens with one attached hydrogen (secondary N) is 1. The van der Waals surface area contributed by atoms with Gasteiger partial charge in [-0.3, -0.25) is 4.79 Å². The molecule has 1 aliphatic carbocycles. The zero-order valence-electron chi connectivity index (χ0n) is 14.5. The average molecular weight is 337 g/mol. The zero-order valence-corrected chi connectivity index (χ0v) is 14.5. The second kappa shape index (κ2) is 9.92. The van der Waals surface area contributed by atoms with Gasteiger partial charge >= 0.3 is 0 Å². The highest BCUT2D eigenvalue weighted by Gasteiger charge is 2.24. The van der Waals surface area contributed by atoms with E-state index < -0.39 is 23.3 Å². The Morgan fingerprint density at radius 2 is 1.88 bits per heavy atom. The van der Waals surface area contributed by atoms with Crippen LogP contribution in [0.25, 0.3) is 0 Å². The molecule has 0 aromatic heterocycles. The summed E-state index contributed by atoms with van der Waals surface area (Å²) < 4.78 is 32.5. The fourth-order valence-electron chi connectivity index (χ4n) is 2.73. The van der Waals surface area contributed by atoms with Gasteiger partial charge in [-0.2, -0.15) is 0 Å². The van der Waals surface area contributed by atoms with E-state index in [1.165, 1.54) is 0 Å². The van der Waals surface area contributed by atoms with Gasteiger partial charge in [-0.25, -0.2) is 8.78 Å². The standard InChI is InChI=1S/C17H19F2NO2.C2H6/c1-3-8-22-16-13(18)9-12(10-14(16)19)17(21)20-15-7-5-4-6-11(15)2;1-2/h1,9-11,15H,4-8H2,2H3,(H,20,21);1-2H3. The number of amides is 1. The van der Waals surface area contributed by atoms with Crippen LogP contribution in [0, 0.1) is 29.9 Å². The van der Waals surface area contributed by atoms with E-state index >= 15 is 0 Å². The van der Waals surface area contributed by atoms with Gasteiger partial charge in [-0.15, -0.1) is 6.42 Å². The van der Waals surface area contributed by atoms with Crippen LogP contribution in [0.3, 0.4) is 0 Å². The predicted octanol–water partition coefficient (Wildman–Crippen LogP) is 4.31. The Kier molecular flexibility index (Phi) is 8.25. The predicted molar refractivity (Wildman–Crippen MR) is 90.9 cm³/mol. The molecular formula is C19H25F2NO2. The molecule has 2 unspecified atom stereocenters. The van der Waals surface area contributed by atoms with Crippen LogP contribution in [-0.2, 0) is 0 Å². The lowest BCUT2D eigenvalue weighted by atomic mass is 9.86. The minimum Gasteiger partial charge on any atom is -0.475 e. The fraction of sp³-hybridized carbons (Fsp3) is 0.526. The molecule has 0 bridgehead atoms. The number of hydrogen-bond donors (Lipinski definition) is 1. The lowest BCUT2D eigenvalue weighted by Crippen LogP contribution is -2.41. The second-order valence-electron chi connectivity index (χ2n) is 5.60. The van der Waals surface area contributed by atoms with Crippen LogP contribution in [0.5, 0.6) is 5.75 Å². The molecule has 0 aliphatic heterocycles. The van der Waals surface area contributed by atoms with E-state index in [1.807, 2.05) is 13.8 Å². The molecule has 1 aromatic rings. The van der Waals surface area contributed by atoms with E-state index in [2.05, 4.69) is 18.2 Å². The Labute approximate surface area is 142 Å². The van der Waals surface area contributed by atoms with Crippen LogP contribution in [-0.4, -0.2) is 18.6 Å². The fourth-order valence-corrected chi connectivity index (χ4v) is 2.73. The highest BCUT2D eigenvalue weighted by atomic mass is 19.1. The first-order valence-corrected chi connectivity index (χ1v) is 8.39. The lowest BCUT2D eigenvalue weighted by molar-refractivity contribution is 0.0909. The number of benzene rings is 1. The molecule has 0 heterocycles. The van der Waals surface area contributed by atoms with Crippen molar-refractivity contribution in [3.05, 3.63) is 29.3 Å². The van der Waals surface area contributed by atoms with Gasteiger partial charge in [-0.05, 0) is 30.9 Å². The van der Waals surface area contributed by atoms with E-state index in [0.717, 1.165) is 37.8 Å². The molecule has 0 spiro atoms. The smallest absolute Gasteiger partial charge is 0.251 e. The van der Waals surface area contributed by atoms with Gasteiger partial charge in [-0.1, -0.05) is 39.5 Å². The summed E-state index contributed by atoms with van der Waals surface area (Å²) in [6.07, 6.45) is 9.13. The molecule has 1 N–H and O–H groups in total. The summed E-state index contributed by atoms with van der Waals surface area (Å²) in [5, 5.41) is 2.86. The molecule has 0 radical (unpaired) electrons. The van der Waals surface area contributed by atoms with Crippen LogP contribution < -0.4 is 10.1 Å². The van der Waals surface area contributed by atoms with Crippen LogP contribution in [0.1, 0.15) is 56.8 Å². The summed E-state index contributed by atoms with van der Waals surface area (Å²) in [6.45, 7) is 5.83. The number of carbonyl (C=O) groups excluding carboxylic acids is 1. The molecule has 24 heavy (non-hydrogen) atoms. The van der Waals surface area contributed by atoms with E-state index in [9.17, 15) is 13.6 Å². The zero-order chi connectivity index (χ0) is 18.1. The second-order valence-corrected chi connectivity index (χ2v) is 5.60. The Morgan fingerprint density at radius 1 is 1.29 bits per heavy atom. The Bertz CT molecular complexity index is 573. The van der Waals surface area contributed by atoms with E-state index in [0.29, 0.717) is 5.92 Å². The summed E-state index contributed by atoms with van der Waals surface area (Å²) in [7, 11) is 0. The third kappa shape index (κ3) is 5.23. The van der Waals surface area contributed by atoms with Crippen molar-refractivity contribution in [2.45, 2.75) is 52.5 Å². The summed E-state index contributed by atoms with van der Waals surface area (Å²) >= 11 is 0. The molecule has 132 valence electrons. The topological polar surface area (TPSA) is 38.3 Å². The van der Waals surface area contributed by atoms with Gasteiger partial charge in [0.25, 0.3) is 5.91 Å². The Balaban J connectivity index is 0.00000139. The first-order chi connectivity index (χ1) is 11.5. The number of hydrogen-bond acceptors (Lipinski definition) is 2. The maximum absolute atomic E-state index is 13.8. The van der Waals surface area contributed by atoms with Crippen molar-refractivity contribution in [2.24, 2.45) is 5.92 Å². The first kappa shape index (κ1) is 20.0. The summed E-state index contributed by atoms with van der Waals surface area (Å²) in [5.41, 5.74) is -0.0548. The van der Waals surface area contributed by atoms with Crippen molar-refractivity contribution in [3.63, 3.8) is 0 Å². The molecule has 1 amide bonds. The van der Waals surface area contributed by atoms with E-state index in [1.54, 1.807) is 0 Å². The number of ether oxygens (including phenoxy) is 1. The van der Waals surface area contributed by atoms with Gasteiger partial charge in [0.1, 0.15) is 6.61 Å². The minimum atomic E-state index is -0.933. The molecule has 2 rings (SSSR count). The van der Waals surface area contributed by atoms with Gasteiger partial charge in [0.05, 0.1) is 0 Å². The molecule has 0 saturated heterocycles. The van der Waals surface area contributed by atoms with Crippen LogP contribution >= 0.6 is 0 Å². The molecule has 1 fully saturated rings. The van der Waals surface area contributed by atoms with Crippen LogP contribution in [0.2, 0.25) is 0 Å². The van der Waals surface area contributed by atoms with E-state index in [4.69, 9.17) is 11.2 Å². The molecule has 1 aliphatic rings. The number of carbonyl (C=O) groups is 1. The maximum Gasteiger partial charge on any atom is 0.251 e. The first-order valence-electron chi connectivity index (χ1n) is 8.39. The molecule has 1 saturated carbocycles. The highest BCUT2D eigenvalue weighted by molar-refractivity contribution is 5.94. The van der Waals surface area contributed by atoms with Crippen molar-refractivity contribution in [3.8, 4) is 18.1 Å². The number of rotatable bonds is 4. The molecule has 5 heteroatoms. The highest BCUT2D eigenvalue weighted by Crippen LogP contribution is 2.26. The van der Waals surface area contributed by atoms with Crippen molar-refractivity contribution in [1.29, 1.82) is 0 Å². The Hall–Kier alpha value is -2.09. The normalized spacial score (nSPS) is 19.5. The summed E-state index contributed by atoms with van der Waals surface area (Å²) in [5.74, 6) is -0.395. The van der Waals surface area contributed by atoms with E-state index in [-0.39, 0.29) is 18.2 Å². The average Bonchev–Trinajstić information content (AvgIpc) is 2.58. The van der Waals surface area contributed by atoms with Gasteiger partial charge < -0.3 is 10.1 Å². The lowest BCUT2D eigenvalue weighted by Gasteiger charge is -2.29. The van der Waals surface area contributed by atoms with Gasteiger partial charge in [0.15, 0.2) is 17.4 Å². The summed E-state index contributed by atoms with van der Waals surface area (Å²) in [4.78, 5) is 12.2. The van der Waals surface area contributed by atoms with Crippen molar-refractivity contribution in [1.82, 2.24) is 5.32 Å². The quantitative estimate of drug-likeness (QED) is 0.832. The molecule has 1 aromatic carbocycles. The van der Waals surface area contributed by atoms with Gasteiger partial charge in [0.2, 0.25) is 0 Å². The molecule has 3 nitrogen and oxygen atoms in total. The number of halogens is 2. The number of terminal acetylenes is 1. The molecule has 2 atom stereocenters. The largest absolute Gasteiger partial charge is 0.475 e. The van der Waals surface area contributed by atoms with Crippen LogP contribution in [0.15, 0.2) is 12.1 Å². The molecular weight excluding hydrogens is 312 g/mol. The Morgan fingerprint density at radius 3 is 2.42 bits per heavy atom. The maximum atomic E-state index is 13.8. The van der Waals surface area contributed by atoms with Crippen LogP contribution in [0.4, 0.5) is 8.78 Å². The third-order valence-electron chi connectivity index (χ3n) is 3.99. The van der Waals surface area contributed by atoms with Crippen molar-refractivity contribution in [2.75, 3.05) is 6.61 Å². The monoisotopic (exact) mass is 337 g/mol. The third-order valence-corrected chi connectivity index (χ3v) is 3.99.